The molecule has 0 aromatic carbocycles. The molecule has 0 aliphatic heterocycles. The topological polar surface area (TPSA) is 49.3 Å². The molecule has 1 amide bonds. The molecular formula is C11H14BrNO2S. The lowest BCUT2D eigenvalue weighted by molar-refractivity contribution is -0.120. The summed E-state index contributed by atoms with van der Waals surface area (Å²) in [5.74, 6) is 0.0362. The van der Waals surface area contributed by atoms with Gasteiger partial charge in [0.15, 0.2) is 0 Å². The van der Waals surface area contributed by atoms with E-state index in [2.05, 4.69) is 21.2 Å². The van der Waals surface area contributed by atoms with Crippen molar-refractivity contribution in [3.8, 4) is 0 Å². The quantitative estimate of drug-likeness (QED) is 0.873. The maximum atomic E-state index is 11.6. The Morgan fingerprint density at radius 2 is 2.31 bits per heavy atom. The fourth-order valence-electron chi connectivity index (χ4n) is 1.52. The van der Waals surface area contributed by atoms with Gasteiger partial charge in [-0.05, 0) is 40.9 Å². The van der Waals surface area contributed by atoms with E-state index in [1.165, 1.54) is 0 Å². The summed E-state index contributed by atoms with van der Waals surface area (Å²) in [6.45, 7) is 0.784. The standard InChI is InChI=1S/C11H14BrNO2S/c12-9-2-1-8(16-9)5-10(15)13-6-11(7-14)3-4-11/h1-2,14H,3-7H2,(H,13,15). The molecule has 1 heterocycles. The van der Waals surface area contributed by atoms with Crippen molar-refractivity contribution >= 4 is 33.2 Å². The van der Waals surface area contributed by atoms with Crippen LogP contribution in [-0.4, -0.2) is 24.2 Å². The monoisotopic (exact) mass is 303 g/mol. The van der Waals surface area contributed by atoms with E-state index < -0.39 is 0 Å². The van der Waals surface area contributed by atoms with Crippen molar-refractivity contribution in [3.63, 3.8) is 0 Å². The van der Waals surface area contributed by atoms with E-state index in [9.17, 15) is 4.79 Å². The minimum absolute atomic E-state index is 0.00824. The number of thiophene rings is 1. The van der Waals surface area contributed by atoms with Crippen molar-refractivity contribution in [1.29, 1.82) is 0 Å². The molecule has 3 nitrogen and oxygen atoms in total. The molecule has 0 bridgehead atoms. The second kappa shape index (κ2) is 4.85. The molecule has 1 saturated carbocycles. The van der Waals surface area contributed by atoms with Gasteiger partial charge in [0.2, 0.25) is 5.91 Å². The number of carbonyl (C=O) groups is 1. The van der Waals surface area contributed by atoms with Gasteiger partial charge < -0.3 is 10.4 Å². The second-order valence-corrected chi connectivity index (χ2v) is 6.87. The molecule has 0 radical (unpaired) electrons. The second-order valence-electron chi connectivity index (χ2n) is 4.32. The van der Waals surface area contributed by atoms with Crippen molar-refractivity contribution in [1.82, 2.24) is 5.32 Å². The summed E-state index contributed by atoms with van der Waals surface area (Å²) in [5, 5.41) is 12.0. The predicted octanol–water partition coefficient (Wildman–Crippen LogP) is 1.94. The highest BCUT2D eigenvalue weighted by Gasteiger charge is 2.41. The first kappa shape index (κ1) is 12.1. The SMILES string of the molecule is O=C(Cc1ccc(Br)s1)NCC1(CO)CC1. The van der Waals surface area contributed by atoms with Gasteiger partial charge in [-0.15, -0.1) is 11.3 Å². The van der Waals surface area contributed by atoms with Crippen molar-refractivity contribution in [2.24, 2.45) is 5.41 Å². The van der Waals surface area contributed by atoms with E-state index in [-0.39, 0.29) is 17.9 Å². The zero-order valence-corrected chi connectivity index (χ0v) is 11.2. The van der Waals surface area contributed by atoms with Crippen LogP contribution in [-0.2, 0) is 11.2 Å². The van der Waals surface area contributed by atoms with Crippen LogP contribution in [0, 0.1) is 5.41 Å². The normalized spacial score (nSPS) is 17.1. The molecule has 88 valence electrons. The number of aliphatic hydroxyl groups excluding tert-OH is 1. The maximum Gasteiger partial charge on any atom is 0.225 e. The van der Waals surface area contributed by atoms with Crippen molar-refractivity contribution in [2.45, 2.75) is 19.3 Å². The number of amides is 1. The number of aliphatic hydroxyl groups is 1. The van der Waals surface area contributed by atoms with E-state index in [0.29, 0.717) is 13.0 Å². The molecule has 1 aliphatic rings. The Hall–Kier alpha value is -0.390. The third-order valence-corrected chi connectivity index (χ3v) is 4.54. The molecule has 5 heteroatoms. The fourth-order valence-corrected chi connectivity index (χ4v) is 3.00. The average Bonchev–Trinajstić information content (AvgIpc) is 2.95. The first-order valence-electron chi connectivity index (χ1n) is 5.25. The molecule has 1 fully saturated rings. The highest BCUT2D eigenvalue weighted by molar-refractivity contribution is 9.11. The molecule has 16 heavy (non-hydrogen) atoms. The van der Waals surface area contributed by atoms with E-state index in [0.717, 1.165) is 21.5 Å². The number of nitrogens with one attached hydrogen (secondary N) is 1. The molecule has 0 atom stereocenters. The highest BCUT2D eigenvalue weighted by atomic mass is 79.9. The van der Waals surface area contributed by atoms with E-state index in [1.54, 1.807) is 11.3 Å². The smallest absolute Gasteiger partial charge is 0.225 e. The van der Waals surface area contributed by atoms with Crippen LogP contribution in [0.3, 0.4) is 0 Å². The lowest BCUT2D eigenvalue weighted by Crippen LogP contribution is -2.32. The number of hydrogen-bond donors (Lipinski definition) is 2. The van der Waals surface area contributed by atoms with Crippen LogP contribution in [0.5, 0.6) is 0 Å². The van der Waals surface area contributed by atoms with Crippen LogP contribution in [0.4, 0.5) is 0 Å². The largest absolute Gasteiger partial charge is 0.396 e. The Morgan fingerprint density at radius 1 is 1.56 bits per heavy atom. The Bertz CT molecular complexity index is 387. The third-order valence-electron chi connectivity index (χ3n) is 2.92. The van der Waals surface area contributed by atoms with Crippen LogP contribution >= 0.6 is 27.3 Å². The third kappa shape index (κ3) is 3.06. The van der Waals surface area contributed by atoms with Gasteiger partial charge in [0.1, 0.15) is 0 Å². The van der Waals surface area contributed by atoms with Crippen molar-refractivity contribution in [3.05, 3.63) is 20.8 Å². The minimum Gasteiger partial charge on any atom is -0.396 e. The highest BCUT2D eigenvalue weighted by Crippen LogP contribution is 2.44. The van der Waals surface area contributed by atoms with Gasteiger partial charge in [-0.3, -0.25) is 4.79 Å². The minimum atomic E-state index is -0.00824. The van der Waals surface area contributed by atoms with Gasteiger partial charge in [-0.25, -0.2) is 0 Å². The summed E-state index contributed by atoms with van der Waals surface area (Å²) >= 11 is 4.94. The summed E-state index contributed by atoms with van der Waals surface area (Å²) in [7, 11) is 0. The van der Waals surface area contributed by atoms with Crippen molar-refractivity contribution < 1.29 is 9.90 Å². The number of rotatable bonds is 5. The average molecular weight is 304 g/mol. The predicted molar refractivity (Wildman–Crippen MR) is 67.5 cm³/mol. The van der Waals surface area contributed by atoms with Gasteiger partial charge in [0.25, 0.3) is 0 Å². The van der Waals surface area contributed by atoms with Crippen LogP contribution in [0.2, 0.25) is 0 Å². The lowest BCUT2D eigenvalue weighted by Gasteiger charge is -2.12. The van der Waals surface area contributed by atoms with E-state index in [4.69, 9.17) is 5.11 Å². The number of halogens is 1. The number of carbonyl (C=O) groups excluding carboxylic acids is 1. The van der Waals surface area contributed by atoms with Gasteiger partial charge in [0, 0.05) is 16.8 Å². The molecule has 1 aliphatic carbocycles. The fraction of sp³-hybridized carbons (Fsp3) is 0.545. The molecule has 0 saturated heterocycles. The Balaban J connectivity index is 1.76. The lowest BCUT2D eigenvalue weighted by atomic mass is 10.1. The van der Waals surface area contributed by atoms with Gasteiger partial charge in [-0.1, -0.05) is 0 Å². The summed E-state index contributed by atoms with van der Waals surface area (Å²) in [6, 6.07) is 3.90. The van der Waals surface area contributed by atoms with Crippen molar-refractivity contribution in [2.75, 3.05) is 13.2 Å². The van der Waals surface area contributed by atoms with E-state index in [1.807, 2.05) is 12.1 Å². The van der Waals surface area contributed by atoms with Crippen LogP contribution in [0.15, 0.2) is 15.9 Å². The molecule has 1 aromatic heterocycles. The zero-order chi connectivity index (χ0) is 11.6. The molecule has 2 N–H and O–H groups in total. The van der Waals surface area contributed by atoms with Crippen LogP contribution in [0.1, 0.15) is 17.7 Å². The Labute approximate surface area is 107 Å². The summed E-state index contributed by atoms with van der Waals surface area (Å²) < 4.78 is 1.05. The zero-order valence-electron chi connectivity index (χ0n) is 8.83. The summed E-state index contributed by atoms with van der Waals surface area (Å²) in [5.41, 5.74) is -0.00824. The van der Waals surface area contributed by atoms with Gasteiger partial charge in [0.05, 0.1) is 16.8 Å². The number of hydrogen-bond acceptors (Lipinski definition) is 3. The van der Waals surface area contributed by atoms with Crippen LogP contribution < -0.4 is 5.32 Å². The summed E-state index contributed by atoms with van der Waals surface area (Å²) in [4.78, 5) is 12.7. The Kier molecular flexibility index (Phi) is 3.66. The first-order chi connectivity index (χ1) is 7.63. The Morgan fingerprint density at radius 3 is 2.81 bits per heavy atom. The summed E-state index contributed by atoms with van der Waals surface area (Å²) in [6.07, 6.45) is 2.47. The first-order valence-corrected chi connectivity index (χ1v) is 6.86. The molecule has 0 unspecified atom stereocenters. The van der Waals surface area contributed by atoms with Gasteiger partial charge in [-0.2, -0.15) is 0 Å². The molecule has 1 aromatic rings. The molecule has 0 spiro atoms. The molecule has 2 rings (SSSR count). The maximum absolute atomic E-state index is 11.6. The van der Waals surface area contributed by atoms with E-state index >= 15 is 0 Å². The molecular weight excluding hydrogens is 290 g/mol. The van der Waals surface area contributed by atoms with Crippen LogP contribution in [0.25, 0.3) is 0 Å². The van der Waals surface area contributed by atoms with Gasteiger partial charge >= 0.3 is 0 Å².